The molecule has 0 aliphatic carbocycles. The van der Waals surface area contributed by atoms with Crippen molar-refractivity contribution in [3.8, 4) is 0 Å². The van der Waals surface area contributed by atoms with Crippen molar-refractivity contribution >= 4 is 5.91 Å². The van der Waals surface area contributed by atoms with Crippen LogP contribution in [0.1, 0.15) is 10.4 Å². The van der Waals surface area contributed by atoms with Gasteiger partial charge in [-0.2, -0.15) is 0 Å². The molecule has 0 saturated carbocycles. The Balaban J connectivity index is 1.91. The molecule has 1 aromatic rings. The summed E-state index contributed by atoms with van der Waals surface area (Å²) in [5.74, 6) is 0.131. The average Bonchev–Trinajstić information content (AvgIpc) is 2.63. The molecular weight excluding hydrogens is 258 g/mol. The van der Waals surface area contributed by atoms with E-state index >= 15 is 0 Å². The molecule has 2 heterocycles. The fraction of sp³-hybridized carbons (Fsp3) is 0.571. The molecule has 1 fully saturated rings. The van der Waals surface area contributed by atoms with E-state index in [4.69, 9.17) is 4.74 Å². The average molecular weight is 279 g/mol. The summed E-state index contributed by atoms with van der Waals surface area (Å²) in [5.41, 5.74) is 0.371. The Hall–Kier alpha value is -1.66. The largest absolute Gasteiger partial charge is 0.380 e. The minimum Gasteiger partial charge on any atom is -0.380 e. The lowest BCUT2D eigenvalue weighted by molar-refractivity contribution is 0.0920. The van der Waals surface area contributed by atoms with Crippen LogP contribution in [0.25, 0.3) is 0 Å². The Morgan fingerprint density at radius 3 is 3.00 bits per heavy atom. The van der Waals surface area contributed by atoms with Gasteiger partial charge in [0.05, 0.1) is 18.8 Å². The van der Waals surface area contributed by atoms with E-state index in [0.717, 1.165) is 19.7 Å². The van der Waals surface area contributed by atoms with Crippen molar-refractivity contribution < 1.29 is 9.53 Å². The molecule has 6 heteroatoms. The summed E-state index contributed by atoms with van der Waals surface area (Å²) >= 11 is 0. The molecule has 0 aromatic carbocycles. The SMILES string of the molecule is CN1CCOC[C@@H](CNC(=O)c2ccc(=O)n(C)c2)C1. The summed E-state index contributed by atoms with van der Waals surface area (Å²) in [5, 5.41) is 2.90. The van der Waals surface area contributed by atoms with E-state index in [-0.39, 0.29) is 11.5 Å². The number of amides is 1. The van der Waals surface area contributed by atoms with Crippen LogP contribution >= 0.6 is 0 Å². The highest BCUT2D eigenvalue weighted by molar-refractivity contribution is 5.93. The van der Waals surface area contributed by atoms with E-state index in [0.29, 0.717) is 24.6 Å². The molecule has 1 atom stereocenters. The second-order valence-corrected chi connectivity index (χ2v) is 5.28. The Bertz CT molecular complexity index is 527. The number of ether oxygens (including phenoxy) is 1. The van der Waals surface area contributed by atoms with Gasteiger partial charge < -0.3 is 19.5 Å². The van der Waals surface area contributed by atoms with Gasteiger partial charge in [-0.1, -0.05) is 0 Å². The second-order valence-electron chi connectivity index (χ2n) is 5.28. The van der Waals surface area contributed by atoms with Crippen molar-refractivity contribution in [3.63, 3.8) is 0 Å². The third kappa shape index (κ3) is 3.91. The molecule has 110 valence electrons. The summed E-state index contributed by atoms with van der Waals surface area (Å²) in [6.45, 7) is 3.81. The Morgan fingerprint density at radius 2 is 2.25 bits per heavy atom. The molecule has 1 amide bonds. The number of carbonyl (C=O) groups is 1. The van der Waals surface area contributed by atoms with Gasteiger partial charge in [0.2, 0.25) is 5.56 Å². The zero-order chi connectivity index (χ0) is 14.5. The number of aromatic nitrogens is 1. The normalized spacial score (nSPS) is 20.4. The lowest BCUT2D eigenvalue weighted by Crippen LogP contribution is -2.36. The van der Waals surface area contributed by atoms with Gasteiger partial charge in [0.25, 0.3) is 5.91 Å². The first-order valence-electron chi connectivity index (χ1n) is 6.77. The molecule has 2 rings (SSSR count). The van der Waals surface area contributed by atoms with Crippen LogP contribution in [0.3, 0.4) is 0 Å². The molecular formula is C14H21N3O3. The van der Waals surface area contributed by atoms with E-state index in [9.17, 15) is 9.59 Å². The van der Waals surface area contributed by atoms with E-state index < -0.39 is 0 Å². The molecule has 1 aromatic heterocycles. The Morgan fingerprint density at radius 1 is 1.45 bits per heavy atom. The van der Waals surface area contributed by atoms with Gasteiger partial charge >= 0.3 is 0 Å². The summed E-state index contributed by atoms with van der Waals surface area (Å²) < 4.78 is 6.91. The van der Waals surface area contributed by atoms with Crippen LogP contribution in [0.15, 0.2) is 23.1 Å². The number of rotatable bonds is 3. The van der Waals surface area contributed by atoms with Gasteiger partial charge in [0.1, 0.15) is 0 Å². The molecule has 20 heavy (non-hydrogen) atoms. The van der Waals surface area contributed by atoms with Gasteiger partial charge in [-0.3, -0.25) is 9.59 Å². The van der Waals surface area contributed by atoms with E-state index in [1.54, 1.807) is 19.3 Å². The van der Waals surface area contributed by atoms with Gasteiger partial charge in [0, 0.05) is 44.9 Å². The number of carbonyl (C=O) groups excluding carboxylic acids is 1. The van der Waals surface area contributed by atoms with Crippen LogP contribution < -0.4 is 10.9 Å². The molecule has 0 radical (unpaired) electrons. The highest BCUT2D eigenvalue weighted by Gasteiger charge is 2.17. The number of nitrogens with zero attached hydrogens (tertiary/aromatic N) is 2. The summed E-state index contributed by atoms with van der Waals surface area (Å²) in [6.07, 6.45) is 1.55. The van der Waals surface area contributed by atoms with Crippen LogP contribution in [0, 0.1) is 5.92 Å². The Labute approximate surface area is 118 Å². The predicted octanol–water partition coefficient (Wildman–Crippen LogP) is -0.307. The van der Waals surface area contributed by atoms with Gasteiger partial charge in [-0.25, -0.2) is 0 Å². The lowest BCUT2D eigenvalue weighted by atomic mass is 10.1. The van der Waals surface area contributed by atoms with Crippen LogP contribution in [-0.2, 0) is 11.8 Å². The molecule has 1 saturated heterocycles. The minimum absolute atomic E-state index is 0.125. The maximum Gasteiger partial charge on any atom is 0.252 e. The first kappa shape index (κ1) is 14.7. The van der Waals surface area contributed by atoms with Crippen LogP contribution in [0.2, 0.25) is 0 Å². The van der Waals surface area contributed by atoms with Crippen LogP contribution in [0.4, 0.5) is 0 Å². The third-order valence-electron chi connectivity index (χ3n) is 3.44. The Kier molecular flexibility index (Phi) is 4.92. The monoisotopic (exact) mass is 279 g/mol. The van der Waals surface area contributed by atoms with Crippen molar-refractivity contribution in [1.29, 1.82) is 0 Å². The molecule has 6 nitrogen and oxygen atoms in total. The second kappa shape index (κ2) is 6.67. The van der Waals surface area contributed by atoms with Crippen molar-refractivity contribution in [1.82, 2.24) is 14.8 Å². The van der Waals surface area contributed by atoms with Crippen molar-refractivity contribution in [2.24, 2.45) is 13.0 Å². The number of hydrogen-bond donors (Lipinski definition) is 1. The summed E-state index contributed by atoms with van der Waals surface area (Å²) in [4.78, 5) is 25.5. The number of aryl methyl sites for hydroxylation is 1. The maximum atomic E-state index is 12.0. The van der Waals surface area contributed by atoms with Crippen LogP contribution in [0.5, 0.6) is 0 Å². The highest BCUT2D eigenvalue weighted by Crippen LogP contribution is 2.05. The first-order valence-corrected chi connectivity index (χ1v) is 6.77. The van der Waals surface area contributed by atoms with Crippen molar-refractivity contribution in [3.05, 3.63) is 34.2 Å². The molecule has 1 N–H and O–H groups in total. The lowest BCUT2D eigenvalue weighted by Gasteiger charge is -2.19. The zero-order valence-electron chi connectivity index (χ0n) is 12.0. The van der Waals surface area contributed by atoms with Gasteiger partial charge in [0.15, 0.2) is 0 Å². The number of hydrogen-bond acceptors (Lipinski definition) is 4. The molecule has 1 aliphatic heterocycles. The molecule has 0 bridgehead atoms. The van der Waals surface area contributed by atoms with E-state index in [2.05, 4.69) is 17.3 Å². The molecule has 1 aliphatic rings. The summed E-state index contributed by atoms with van der Waals surface area (Å²) in [6, 6.07) is 2.95. The number of pyridine rings is 1. The van der Waals surface area contributed by atoms with Crippen molar-refractivity contribution in [2.75, 3.05) is 39.9 Å². The third-order valence-corrected chi connectivity index (χ3v) is 3.44. The smallest absolute Gasteiger partial charge is 0.252 e. The van der Waals surface area contributed by atoms with Crippen molar-refractivity contribution in [2.45, 2.75) is 0 Å². The topological polar surface area (TPSA) is 63.6 Å². The highest BCUT2D eigenvalue weighted by atomic mass is 16.5. The maximum absolute atomic E-state index is 12.0. The standard InChI is InChI=1S/C14H21N3O3/c1-16-5-6-20-10-11(8-16)7-15-14(19)12-3-4-13(18)17(2)9-12/h3-4,9,11H,5-8,10H2,1-2H3,(H,15,19)/t11-/m0/s1. The quantitative estimate of drug-likeness (QED) is 0.824. The van der Waals surface area contributed by atoms with E-state index in [1.807, 2.05) is 0 Å². The minimum atomic E-state index is -0.160. The molecule has 0 unspecified atom stereocenters. The van der Waals surface area contributed by atoms with E-state index in [1.165, 1.54) is 10.6 Å². The van der Waals surface area contributed by atoms with Gasteiger partial charge in [-0.15, -0.1) is 0 Å². The van der Waals surface area contributed by atoms with Crippen LogP contribution in [-0.4, -0.2) is 55.3 Å². The number of nitrogens with one attached hydrogen (secondary N) is 1. The number of likely N-dealkylation sites (N-methyl/N-ethyl adjacent to an activating group) is 1. The fourth-order valence-electron chi connectivity index (χ4n) is 2.25. The zero-order valence-corrected chi connectivity index (χ0v) is 12.0. The van der Waals surface area contributed by atoms with Gasteiger partial charge in [-0.05, 0) is 13.1 Å². The fourth-order valence-corrected chi connectivity index (χ4v) is 2.25. The molecule has 0 spiro atoms. The summed E-state index contributed by atoms with van der Waals surface area (Å²) in [7, 11) is 3.68. The first-order chi connectivity index (χ1) is 9.56. The predicted molar refractivity (Wildman–Crippen MR) is 75.8 cm³/mol.